The monoisotopic (exact) mass is 326 g/mol. The van der Waals surface area contributed by atoms with Crippen LogP contribution in [0.5, 0.6) is 0 Å². The van der Waals surface area contributed by atoms with Crippen LogP contribution in [0.1, 0.15) is 10.6 Å². The second kappa shape index (κ2) is 5.65. The topological polar surface area (TPSA) is 38.8 Å². The summed E-state index contributed by atoms with van der Waals surface area (Å²) in [7, 11) is 2.09. The Morgan fingerprint density at radius 1 is 1.40 bits per heavy atom. The van der Waals surface area contributed by atoms with E-state index in [1.165, 1.54) is 21.1 Å². The van der Waals surface area contributed by atoms with Gasteiger partial charge in [0.15, 0.2) is 4.96 Å². The number of thiazole rings is 1. The third-order valence-corrected chi connectivity index (χ3v) is 4.93. The van der Waals surface area contributed by atoms with E-state index in [1.54, 1.807) is 28.0 Å². The van der Waals surface area contributed by atoms with Gasteiger partial charge in [0, 0.05) is 17.6 Å². The van der Waals surface area contributed by atoms with Crippen molar-refractivity contribution in [2.24, 2.45) is 0 Å². The van der Waals surface area contributed by atoms with E-state index in [9.17, 15) is 4.79 Å². The van der Waals surface area contributed by atoms with Gasteiger partial charge in [0.1, 0.15) is 18.8 Å². The van der Waals surface area contributed by atoms with E-state index in [0.29, 0.717) is 0 Å². The summed E-state index contributed by atoms with van der Waals surface area (Å²) >= 11 is 9.00. The molecule has 0 saturated carbocycles. The maximum atomic E-state index is 11.9. The highest BCUT2D eigenvalue weighted by molar-refractivity contribution is 7.16. The van der Waals surface area contributed by atoms with Crippen LogP contribution in [0.2, 0.25) is 4.34 Å². The van der Waals surface area contributed by atoms with Gasteiger partial charge < -0.3 is 4.90 Å². The van der Waals surface area contributed by atoms with E-state index in [1.807, 2.05) is 17.5 Å². The summed E-state index contributed by atoms with van der Waals surface area (Å²) in [6, 6.07) is 5.57. The van der Waals surface area contributed by atoms with Crippen LogP contribution in [0, 0.1) is 0 Å². The van der Waals surface area contributed by atoms with Gasteiger partial charge in [-0.25, -0.2) is 4.98 Å². The molecule has 1 N–H and O–H groups in total. The van der Waals surface area contributed by atoms with Crippen LogP contribution in [0.15, 0.2) is 34.6 Å². The number of hydrogen-bond acceptors (Lipinski definition) is 4. The summed E-state index contributed by atoms with van der Waals surface area (Å²) in [4.78, 5) is 19.7. The lowest BCUT2D eigenvalue weighted by Gasteiger charge is -2.12. The highest BCUT2D eigenvalue weighted by Crippen LogP contribution is 2.20. The zero-order valence-electron chi connectivity index (χ0n) is 10.8. The molecule has 3 heterocycles. The fraction of sp³-hybridized carbons (Fsp3) is 0.231. The number of aromatic nitrogens is 2. The predicted octanol–water partition coefficient (Wildman–Crippen LogP) is 1.69. The second-order valence-electron chi connectivity index (χ2n) is 4.66. The Kier molecular flexibility index (Phi) is 3.89. The van der Waals surface area contributed by atoms with Crippen LogP contribution in [0.25, 0.3) is 4.96 Å². The average Bonchev–Trinajstić information content (AvgIpc) is 2.98. The van der Waals surface area contributed by atoms with Gasteiger partial charge in [-0.15, -0.1) is 22.7 Å². The van der Waals surface area contributed by atoms with Gasteiger partial charge in [0.2, 0.25) is 0 Å². The van der Waals surface area contributed by atoms with E-state index in [2.05, 4.69) is 12.0 Å². The quantitative estimate of drug-likeness (QED) is 0.792. The highest BCUT2D eigenvalue weighted by Gasteiger charge is 2.10. The molecule has 7 heteroatoms. The molecular formula is C13H13ClN3OS2+. The van der Waals surface area contributed by atoms with Crippen LogP contribution in [0.3, 0.4) is 0 Å². The Morgan fingerprint density at radius 2 is 2.25 bits per heavy atom. The molecule has 3 rings (SSSR count). The number of quaternary nitrogens is 1. The molecule has 104 valence electrons. The number of nitrogens with zero attached hydrogens (tertiary/aromatic N) is 2. The van der Waals surface area contributed by atoms with E-state index >= 15 is 0 Å². The zero-order chi connectivity index (χ0) is 14.1. The lowest BCUT2D eigenvalue weighted by Crippen LogP contribution is -3.06. The Labute approximate surface area is 128 Å². The molecule has 4 nitrogen and oxygen atoms in total. The van der Waals surface area contributed by atoms with Crippen molar-refractivity contribution in [2.45, 2.75) is 13.1 Å². The largest absolute Gasteiger partial charge is 0.328 e. The maximum absolute atomic E-state index is 11.9. The lowest BCUT2D eigenvalue weighted by atomic mass is 10.3. The molecule has 0 bridgehead atoms. The van der Waals surface area contributed by atoms with Gasteiger partial charge in [0.25, 0.3) is 5.56 Å². The third kappa shape index (κ3) is 2.93. The van der Waals surface area contributed by atoms with E-state index in [0.717, 1.165) is 28.1 Å². The predicted molar refractivity (Wildman–Crippen MR) is 83.0 cm³/mol. The molecule has 0 spiro atoms. The molecule has 0 aliphatic carbocycles. The van der Waals surface area contributed by atoms with Crippen molar-refractivity contribution < 1.29 is 4.90 Å². The number of halogens is 1. The van der Waals surface area contributed by atoms with Crippen molar-refractivity contribution in [3.05, 3.63) is 55.0 Å². The summed E-state index contributed by atoms with van der Waals surface area (Å²) in [5, 5.41) is 1.87. The molecule has 0 amide bonds. The zero-order valence-corrected chi connectivity index (χ0v) is 13.2. The van der Waals surface area contributed by atoms with Gasteiger partial charge in [-0.05, 0) is 12.1 Å². The first-order chi connectivity index (χ1) is 9.61. The average molecular weight is 327 g/mol. The van der Waals surface area contributed by atoms with Crippen molar-refractivity contribution in [3.63, 3.8) is 0 Å². The van der Waals surface area contributed by atoms with Gasteiger partial charge in [0.05, 0.1) is 16.3 Å². The molecule has 0 saturated heterocycles. The maximum Gasteiger partial charge on any atom is 0.258 e. The molecule has 20 heavy (non-hydrogen) atoms. The number of hydrogen-bond donors (Lipinski definition) is 1. The van der Waals surface area contributed by atoms with Crippen molar-refractivity contribution in [2.75, 3.05) is 7.05 Å². The molecule has 1 unspecified atom stereocenters. The fourth-order valence-corrected chi connectivity index (χ4v) is 4.03. The molecular weight excluding hydrogens is 314 g/mol. The molecule has 3 aromatic rings. The fourth-order valence-electron chi connectivity index (χ4n) is 2.09. The van der Waals surface area contributed by atoms with Crippen molar-refractivity contribution >= 4 is 39.2 Å². The van der Waals surface area contributed by atoms with Gasteiger partial charge in [-0.1, -0.05) is 11.6 Å². The van der Waals surface area contributed by atoms with Crippen molar-refractivity contribution in [1.29, 1.82) is 0 Å². The lowest BCUT2D eigenvalue weighted by molar-refractivity contribution is -0.907. The number of nitrogens with one attached hydrogen (secondary N) is 1. The molecule has 0 aliphatic heterocycles. The minimum absolute atomic E-state index is 0.0155. The van der Waals surface area contributed by atoms with Crippen LogP contribution < -0.4 is 10.5 Å². The normalized spacial score (nSPS) is 12.9. The molecule has 0 aliphatic rings. The molecule has 1 atom stereocenters. The van der Waals surface area contributed by atoms with Crippen LogP contribution in [-0.2, 0) is 13.1 Å². The van der Waals surface area contributed by atoms with Crippen LogP contribution in [0.4, 0.5) is 0 Å². The summed E-state index contributed by atoms with van der Waals surface area (Å²) in [6.45, 7) is 1.60. The van der Waals surface area contributed by atoms with Gasteiger partial charge in [-0.2, -0.15) is 0 Å². The van der Waals surface area contributed by atoms with Gasteiger partial charge in [-0.3, -0.25) is 9.20 Å². The smallest absolute Gasteiger partial charge is 0.258 e. The van der Waals surface area contributed by atoms with Gasteiger partial charge >= 0.3 is 0 Å². The summed E-state index contributed by atoms with van der Waals surface area (Å²) in [5.74, 6) is 0. The Morgan fingerprint density at radius 3 is 3.00 bits per heavy atom. The Balaban J connectivity index is 1.76. The standard InChI is InChI=1S/C13H12ClN3OS2/c1-16(8-10-2-3-11(14)20-10)7-9-6-12(18)17-4-5-19-13(17)15-9/h2-6H,7-8H2,1H3/p+1. The SMILES string of the molecule is C[NH+](Cc1cc(=O)n2ccsc2n1)Cc1ccc(Cl)s1. The number of fused-ring (bicyclic) bond motifs is 1. The van der Waals surface area contributed by atoms with Crippen LogP contribution in [-0.4, -0.2) is 16.4 Å². The third-order valence-electron chi connectivity index (χ3n) is 2.94. The summed E-state index contributed by atoms with van der Waals surface area (Å²) in [5.41, 5.74) is 0.816. The van der Waals surface area contributed by atoms with E-state index in [-0.39, 0.29) is 5.56 Å². The minimum atomic E-state index is -0.0155. The van der Waals surface area contributed by atoms with E-state index < -0.39 is 0 Å². The first-order valence-corrected chi connectivity index (χ1v) is 8.20. The summed E-state index contributed by atoms with van der Waals surface area (Å²) in [6.07, 6.45) is 1.75. The molecule has 3 aromatic heterocycles. The summed E-state index contributed by atoms with van der Waals surface area (Å²) < 4.78 is 2.38. The minimum Gasteiger partial charge on any atom is -0.328 e. The first kappa shape index (κ1) is 13.8. The van der Waals surface area contributed by atoms with Crippen LogP contribution >= 0.6 is 34.3 Å². The number of rotatable bonds is 4. The number of thiophene rings is 1. The molecule has 0 aromatic carbocycles. The van der Waals surface area contributed by atoms with E-state index in [4.69, 9.17) is 11.6 Å². The first-order valence-electron chi connectivity index (χ1n) is 6.13. The van der Waals surface area contributed by atoms with Crippen molar-refractivity contribution in [3.8, 4) is 0 Å². The second-order valence-corrected chi connectivity index (χ2v) is 7.33. The molecule has 0 fully saturated rings. The Bertz CT molecular complexity index is 792. The molecule has 0 radical (unpaired) electrons. The highest BCUT2D eigenvalue weighted by atomic mass is 35.5. The Hall–Kier alpha value is -1.21. The van der Waals surface area contributed by atoms with Crippen molar-refractivity contribution in [1.82, 2.24) is 9.38 Å².